The molecular formula is C14H18N6O. The molecule has 1 aromatic carbocycles. The summed E-state index contributed by atoms with van der Waals surface area (Å²) in [5.74, 6) is 0.783. The fourth-order valence-electron chi connectivity index (χ4n) is 2.11. The zero-order chi connectivity index (χ0) is 14.7. The van der Waals surface area contributed by atoms with Crippen LogP contribution in [0.4, 0.5) is 5.69 Å². The predicted molar refractivity (Wildman–Crippen MR) is 78.7 cm³/mol. The monoisotopic (exact) mass is 286 g/mol. The summed E-state index contributed by atoms with van der Waals surface area (Å²) in [5.41, 5.74) is 1.74. The van der Waals surface area contributed by atoms with Crippen molar-refractivity contribution in [3.8, 4) is 11.4 Å². The molecule has 0 saturated heterocycles. The first kappa shape index (κ1) is 13.7. The van der Waals surface area contributed by atoms with Crippen LogP contribution in [0.5, 0.6) is 0 Å². The largest absolute Gasteiger partial charge is 0.326 e. The third kappa shape index (κ3) is 3.25. The fraction of sp³-hybridized carbons (Fsp3) is 0.429. The Balaban J connectivity index is 1.69. The normalized spacial score (nSPS) is 14.1. The van der Waals surface area contributed by atoms with E-state index in [1.807, 2.05) is 36.0 Å². The van der Waals surface area contributed by atoms with Crippen molar-refractivity contribution < 1.29 is 4.79 Å². The summed E-state index contributed by atoms with van der Waals surface area (Å²) in [6.07, 6.45) is 2.73. The second-order valence-electron chi connectivity index (χ2n) is 5.16. The summed E-state index contributed by atoms with van der Waals surface area (Å²) in [5, 5.41) is 17.7. The lowest BCUT2D eigenvalue weighted by molar-refractivity contribution is -0.116. The van der Waals surface area contributed by atoms with Crippen molar-refractivity contribution >= 4 is 11.6 Å². The molecule has 1 heterocycles. The van der Waals surface area contributed by atoms with E-state index in [0.717, 1.165) is 29.9 Å². The smallest absolute Gasteiger partial charge is 0.225 e. The molecule has 7 heteroatoms. The van der Waals surface area contributed by atoms with Gasteiger partial charge in [0.1, 0.15) is 0 Å². The number of benzene rings is 1. The maximum absolute atomic E-state index is 11.6. The van der Waals surface area contributed by atoms with Gasteiger partial charge >= 0.3 is 0 Å². The molecule has 1 aliphatic rings. The number of amides is 1. The van der Waals surface area contributed by atoms with Gasteiger partial charge < -0.3 is 10.6 Å². The summed E-state index contributed by atoms with van der Waals surface area (Å²) in [6, 6.07) is 8.05. The lowest BCUT2D eigenvalue weighted by atomic mass is 10.2. The number of nitrogens with one attached hydrogen (secondary N) is 2. The molecule has 0 bridgehead atoms. The minimum atomic E-state index is -0.0000797. The molecule has 21 heavy (non-hydrogen) atoms. The number of nitrogens with zero attached hydrogens (tertiary/aromatic N) is 4. The van der Waals surface area contributed by atoms with Gasteiger partial charge in [0.15, 0.2) is 5.82 Å². The molecule has 0 aliphatic heterocycles. The number of tetrazole rings is 1. The van der Waals surface area contributed by atoms with E-state index in [9.17, 15) is 4.79 Å². The Labute approximate surface area is 122 Å². The van der Waals surface area contributed by atoms with Crippen molar-refractivity contribution in [3.05, 3.63) is 24.3 Å². The molecule has 0 atom stereocenters. The van der Waals surface area contributed by atoms with Gasteiger partial charge in [0.05, 0.1) is 6.04 Å². The van der Waals surface area contributed by atoms with Crippen LogP contribution in [0, 0.1) is 0 Å². The first-order valence-electron chi connectivity index (χ1n) is 7.10. The third-order valence-electron chi connectivity index (χ3n) is 3.41. The number of anilines is 1. The molecule has 2 N–H and O–H groups in total. The van der Waals surface area contributed by atoms with E-state index in [-0.39, 0.29) is 5.91 Å². The molecule has 110 valence electrons. The van der Waals surface area contributed by atoms with E-state index in [1.165, 1.54) is 0 Å². The van der Waals surface area contributed by atoms with E-state index in [0.29, 0.717) is 19.0 Å². The molecule has 0 spiro atoms. The van der Waals surface area contributed by atoms with Gasteiger partial charge in [0.2, 0.25) is 5.91 Å². The molecular weight excluding hydrogens is 268 g/mol. The molecule has 1 aromatic heterocycles. The Hall–Kier alpha value is -2.28. The Kier molecular flexibility index (Phi) is 3.92. The van der Waals surface area contributed by atoms with Gasteiger partial charge in [-0.1, -0.05) is 0 Å². The van der Waals surface area contributed by atoms with Crippen molar-refractivity contribution in [1.82, 2.24) is 25.5 Å². The minimum Gasteiger partial charge on any atom is -0.326 e. The number of hydrogen-bond donors (Lipinski definition) is 2. The van der Waals surface area contributed by atoms with Crippen molar-refractivity contribution in [3.63, 3.8) is 0 Å². The second kappa shape index (κ2) is 6.01. The number of rotatable bonds is 6. The molecule has 2 aromatic rings. The van der Waals surface area contributed by atoms with Crippen LogP contribution in [0.15, 0.2) is 24.3 Å². The molecule has 1 amide bonds. The molecule has 0 radical (unpaired) electrons. The maximum atomic E-state index is 11.6. The molecule has 0 unspecified atom stereocenters. The highest BCUT2D eigenvalue weighted by atomic mass is 16.1. The molecule has 1 fully saturated rings. The Morgan fingerprint density at radius 2 is 2.10 bits per heavy atom. The first-order valence-corrected chi connectivity index (χ1v) is 7.10. The standard InChI is InChI=1S/C14H18N6O/c1-15-9-8-13(21)16-11-4-2-10(3-5-11)14-17-18-19-20(14)12-6-7-12/h2-5,12,15H,6-9H2,1H3,(H,16,21). The van der Waals surface area contributed by atoms with Crippen molar-refractivity contribution in [1.29, 1.82) is 0 Å². The summed E-state index contributed by atoms with van der Waals surface area (Å²) >= 11 is 0. The highest BCUT2D eigenvalue weighted by Crippen LogP contribution is 2.36. The maximum Gasteiger partial charge on any atom is 0.225 e. The zero-order valence-corrected chi connectivity index (χ0v) is 11.9. The van der Waals surface area contributed by atoms with E-state index in [2.05, 4.69) is 26.2 Å². The van der Waals surface area contributed by atoms with Gasteiger partial charge in [-0.2, -0.15) is 0 Å². The topological polar surface area (TPSA) is 84.7 Å². The van der Waals surface area contributed by atoms with Gasteiger partial charge in [-0.15, -0.1) is 5.10 Å². The average molecular weight is 286 g/mol. The Bertz CT molecular complexity index is 617. The lowest BCUT2D eigenvalue weighted by Gasteiger charge is -2.06. The summed E-state index contributed by atoms with van der Waals surface area (Å²) in [4.78, 5) is 11.6. The lowest BCUT2D eigenvalue weighted by Crippen LogP contribution is -2.18. The van der Waals surface area contributed by atoms with Crippen molar-refractivity contribution in [2.45, 2.75) is 25.3 Å². The summed E-state index contributed by atoms with van der Waals surface area (Å²) < 4.78 is 1.88. The van der Waals surface area contributed by atoms with Gasteiger partial charge in [0, 0.05) is 24.2 Å². The van der Waals surface area contributed by atoms with Crippen LogP contribution in [0.25, 0.3) is 11.4 Å². The quantitative estimate of drug-likeness (QED) is 0.834. The van der Waals surface area contributed by atoms with Crippen LogP contribution in [-0.4, -0.2) is 39.7 Å². The summed E-state index contributed by atoms with van der Waals surface area (Å²) in [7, 11) is 1.83. The Morgan fingerprint density at radius 1 is 1.33 bits per heavy atom. The van der Waals surface area contributed by atoms with E-state index in [1.54, 1.807) is 0 Å². The third-order valence-corrected chi connectivity index (χ3v) is 3.41. The molecule has 1 saturated carbocycles. The van der Waals surface area contributed by atoms with E-state index in [4.69, 9.17) is 0 Å². The minimum absolute atomic E-state index is 0.0000797. The first-order chi connectivity index (χ1) is 10.3. The van der Waals surface area contributed by atoms with E-state index >= 15 is 0 Å². The zero-order valence-electron chi connectivity index (χ0n) is 11.9. The van der Waals surface area contributed by atoms with Gasteiger partial charge in [-0.05, 0) is 54.6 Å². The van der Waals surface area contributed by atoms with Crippen LogP contribution in [0.3, 0.4) is 0 Å². The van der Waals surface area contributed by atoms with E-state index < -0.39 is 0 Å². The van der Waals surface area contributed by atoms with Crippen LogP contribution in [0.1, 0.15) is 25.3 Å². The average Bonchev–Trinajstić information content (AvgIpc) is 3.23. The molecule has 3 rings (SSSR count). The summed E-state index contributed by atoms with van der Waals surface area (Å²) in [6.45, 7) is 0.667. The highest BCUT2D eigenvalue weighted by molar-refractivity contribution is 5.91. The van der Waals surface area contributed by atoms with Gasteiger partial charge in [-0.3, -0.25) is 4.79 Å². The molecule has 1 aliphatic carbocycles. The second-order valence-corrected chi connectivity index (χ2v) is 5.16. The molecule has 7 nitrogen and oxygen atoms in total. The van der Waals surface area contributed by atoms with Crippen LogP contribution in [-0.2, 0) is 4.79 Å². The number of carbonyl (C=O) groups is 1. The van der Waals surface area contributed by atoms with Crippen LogP contribution in [0.2, 0.25) is 0 Å². The van der Waals surface area contributed by atoms with Gasteiger partial charge in [0.25, 0.3) is 0 Å². The van der Waals surface area contributed by atoms with Crippen molar-refractivity contribution in [2.75, 3.05) is 18.9 Å². The van der Waals surface area contributed by atoms with Gasteiger partial charge in [-0.25, -0.2) is 4.68 Å². The number of hydrogen-bond acceptors (Lipinski definition) is 5. The Morgan fingerprint density at radius 3 is 2.76 bits per heavy atom. The van der Waals surface area contributed by atoms with Crippen LogP contribution >= 0.6 is 0 Å². The van der Waals surface area contributed by atoms with Crippen LogP contribution < -0.4 is 10.6 Å². The number of aromatic nitrogens is 4. The van der Waals surface area contributed by atoms with Crippen molar-refractivity contribution in [2.24, 2.45) is 0 Å². The number of carbonyl (C=O) groups excluding carboxylic acids is 1. The fourth-order valence-corrected chi connectivity index (χ4v) is 2.11. The SMILES string of the molecule is CNCCC(=O)Nc1ccc(-c2nnnn2C2CC2)cc1. The highest BCUT2D eigenvalue weighted by Gasteiger charge is 2.28. The predicted octanol–water partition coefficient (Wildman–Crippen LogP) is 1.22.